The first-order chi connectivity index (χ1) is 14.5. The summed E-state index contributed by atoms with van der Waals surface area (Å²) in [5.41, 5.74) is 5.50. The molecule has 5 rings (SSSR count). The minimum atomic E-state index is -1.47. The Kier molecular flexibility index (Phi) is 4.64. The van der Waals surface area contributed by atoms with Crippen molar-refractivity contribution in [2.24, 2.45) is 0 Å². The molecule has 0 radical (unpaired) electrons. The van der Waals surface area contributed by atoms with Gasteiger partial charge >= 0.3 is 0 Å². The van der Waals surface area contributed by atoms with Crippen molar-refractivity contribution in [3.05, 3.63) is 12.7 Å². The Morgan fingerprint density at radius 3 is 2.70 bits per heavy atom. The number of fused-ring (bicyclic) bond motifs is 2. The molecule has 2 saturated heterocycles. The zero-order valence-electron chi connectivity index (χ0n) is 16.3. The van der Waals surface area contributed by atoms with E-state index in [0.717, 1.165) is 19.3 Å². The van der Waals surface area contributed by atoms with E-state index >= 15 is 0 Å². The van der Waals surface area contributed by atoms with E-state index in [-0.39, 0.29) is 18.8 Å². The van der Waals surface area contributed by atoms with Crippen molar-refractivity contribution in [1.29, 1.82) is 5.26 Å². The van der Waals surface area contributed by atoms with Crippen LogP contribution in [0.15, 0.2) is 12.7 Å². The maximum atomic E-state index is 11.4. The molecule has 11 nitrogen and oxygen atoms in total. The monoisotopic (exact) mass is 416 g/mol. The Morgan fingerprint density at radius 1 is 1.20 bits per heavy atom. The van der Waals surface area contributed by atoms with Crippen LogP contribution in [-0.4, -0.2) is 66.0 Å². The molecule has 11 heteroatoms. The van der Waals surface area contributed by atoms with E-state index in [0.29, 0.717) is 24.0 Å². The van der Waals surface area contributed by atoms with Crippen LogP contribution < -0.4 is 5.73 Å². The molecule has 2 aromatic rings. The van der Waals surface area contributed by atoms with Crippen molar-refractivity contribution in [2.45, 2.75) is 74.5 Å². The molecule has 3 aliphatic rings. The summed E-state index contributed by atoms with van der Waals surface area (Å²) in [5.74, 6) is -1.23. The highest BCUT2D eigenvalue weighted by atomic mass is 16.8. The number of ether oxygens (including phenoxy) is 3. The van der Waals surface area contributed by atoms with Gasteiger partial charge in [-0.05, 0) is 12.8 Å². The predicted molar refractivity (Wildman–Crippen MR) is 101 cm³/mol. The summed E-state index contributed by atoms with van der Waals surface area (Å²) in [6, 6.07) is 2.11. The molecule has 5 atom stereocenters. The topological polar surface area (TPSA) is 162 Å². The van der Waals surface area contributed by atoms with E-state index in [1.165, 1.54) is 12.7 Å². The average Bonchev–Trinajstić information content (AvgIpc) is 3.42. The summed E-state index contributed by atoms with van der Waals surface area (Å²) in [6.07, 6.45) is 3.65. The molecule has 2 aliphatic heterocycles. The number of aromatic nitrogens is 4. The van der Waals surface area contributed by atoms with Gasteiger partial charge in [-0.3, -0.25) is 4.57 Å². The molecule has 0 aromatic carbocycles. The van der Waals surface area contributed by atoms with Crippen LogP contribution in [-0.2, 0) is 14.2 Å². The van der Waals surface area contributed by atoms with Gasteiger partial charge in [0.15, 0.2) is 17.7 Å². The number of nitrogens with two attached hydrogens (primary N) is 1. The first-order valence-electron chi connectivity index (χ1n) is 10.2. The van der Waals surface area contributed by atoms with Crippen molar-refractivity contribution in [2.75, 3.05) is 12.3 Å². The fraction of sp³-hybridized carbons (Fsp3) is 0.684. The minimum absolute atomic E-state index is 0.124. The van der Waals surface area contributed by atoms with Gasteiger partial charge in [0.1, 0.15) is 35.8 Å². The van der Waals surface area contributed by atoms with E-state index in [1.54, 1.807) is 4.57 Å². The van der Waals surface area contributed by atoms with Crippen molar-refractivity contribution >= 4 is 17.0 Å². The molecule has 30 heavy (non-hydrogen) atoms. The molecule has 3 fully saturated rings. The lowest BCUT2D eigenvalue weighted by Gasteiger charge is -2.45. The third kappa shape index (κ3) is 2.72. The SMILES string of the molecule is N#CCC1(C2(O)CCCCC2)OC2C(O1)[C@@H](CO)O[C@H]2n1cnc2c(N)ncnc21. The number of aliphatic hydroxyl groups excluding tert-OH is 1. The summed E-state index contributed by atoms with van der Waals surface area (Å²) < 4.78 is 20.3. The molecule has 160 valence electrons. The van der Waals surface area contributed by atoms with Crippen LogP contribution in [0.25, 0.3) is 11.2 Å². The number of nitriles is 1. The summed E-state index contributed by atoms with van der Waals surface area (Å²) in [6.45, 7) is -0.300. The largest absolute Gasteiger partial charge is 0.394 e. The fourth-order valence-corrected chi connectivity index (χ4v) is 4.96. The lowest BCUT2D eigenvalue weighted by Crippen LogP contribution is -2.57. The Labute approximate surface area is 172 Å². The summed E-state index contributed by atoms with van der Waals surface area (Å²) in [7, 11) is 0. The zero-order valence-corrected chi connectivity index (χ0v) is 16.3. The molecule has 1 saturated carbocycles. The Morgan fingerprint density at radius 2 is 1.97 bits per heavy atom. The molecule has 2 aromatic heterocycles. The van der Waals surface area contributed by atoms with Crippen molar-refractivity contribution in [1.82, 2.24) is 19.5 Å². The number of nitrogen functional groups attached to an aromatic ring is 1. The van der Waals surface area contributed by atoms with Gasteiger partial charge in [0, 0.05) is 0 Å². The number of anilines is 1. The van der Waals surface area contributed by atoms with Gasteiger partial charge in [-0.25, -0.2) is 15.0 Å². The molecule has 1 aliphatic carbocycles. The second kappa shape index (κ2) is 7.11. The number of rotatable bonds is 4. The van der Waals surface area contributed by atoms with Crippen molar-refractivity contribution < 1.29 is 24.4 Å². The second-order valence-electron chi connectivity index (χ2n) is 8.18. The van der Waals surface area contributed by atoms with Gasteiger partial charge in [0.2, 0.25) is 5.79 Å². The van der Waals surface area contributed by atoms with E-state index < -0.39 is 35.9 Å². The summed E-state index contributed by atoms with van der Waals surface area (Å²) in [4.78, 5) is 12.5. The van der Waals surface area contributed by atoms with Crippen molar-refractivity contribution in [3.8, 4) is 6.07 Å². The number of hydrogen-bond donors (Lipinski definition) is 3. The molecule has 3 unspecified atom stereocenters. The number of nitrogens with zero attached hydrogens (tertiary/aromatic N) is 5. The molecule has 4 heterocycles. The first-order valence-corrected chi connectivity index (χ1v) is 10.2. The molecular formula is C19H24N6O5. The maximum Gasteiger partial charge on any atom is 0.211 e. The summed E-state index contributed by atoms with van der Waals surface area (Å²) in [5, 5.41) is 30.8. The second-order valence-corrected chi connectivity index (χ2v) is 8.18. The Balaban J connectivity index is 1.54. The van der Waals surface area contributed by atoms with Gasteiger partial charge in [0.25, 0.3) is 0 Å². The van der Waals surface area contributed by atoms with Crippen molar-refractivity contribution in [3.63, 3.8) is 0 Å². The predicted octanol–water partition coefficient (Wildman–Crippen LogP) is 0.387. The smallest absolute Gasteiger partial charge is 0.211 e. The third-order valence-electron chi connectivity index (χ3n) is 6.48. The Hall–Kier alpha value is -2.36. The van der Waals surface area contributed by atoms with Crippen LogP contribution in [0.3, 0.4) is 0 Å². The van der Waals surface area contributed by atoms with Gasteiger partial charge in [-0.2, -0.15) is 5.26 Å². The molecular weight excluding hydrogens is 392 g/mol. The highest BCUT2D eigenvalue weighted by molar-refractivity contribution is 5.81. The van der Waals surface area contributed by atoms with E-state index in [2.05, 4.69) is 21.0 Å². The standard InChI is InChI=1S/C19H24N6O5/c20-7-6-19(18(27)4-2-1-3-5-18)29-13-11(8-26)28-17(14(13)30-19)25-10-24-12-15(21)22-9-23-16(12)25/h9-11,13-14,17,26-27H,1-6,8H2,(H2,21,22,23)/t11-,13?,14?,17-,19?/m1/s1. The van der Waals surface area contributed by atoms with Gasteiger partial charge in [-0.1, -0.05) is 19.3 Å². The van der Waals surface area contributed by atoms with E-state index in [1.807, 2.05) is 0 Å². The quantitative estimate of drug-likeness (QED) is 0.635. The van der Waals surface area contributed by atoms with Crippen LogP contribution in [0.4, 0.5) is 5.82 Å². The lowest BCUT2D eigenvalue weighted by molar-refractivity contribution is -0.305. The average molecular weight is 416 g/mol. The number of imidazole rings is 1. The minimum Gasteiger partial charge on any atom is -0.394 e. The van der Waals surface area contributed by atoms with Crippen LogP contribution in [0, 0.1) is 11.3 Å². The highest BCUT2D eigenvalue weighted by Gasteiger charge is 2.65. The van der Waals surface area contributed by atoms with E-state index in [9.17, 15) is 15.5 Å². The molecule has 0 spiro atoms. The highest BCUT2D eigenvalue weighted by Crippen LogP contribution is 2.52. The molecule has 0 bridgehead atoms. The molecule has 0 amide bonds. The van der Waals surface area contributed by atoms with Gasteiger partial charge < -0.3 is 30.2 Å². The Bertz CT molecular complexity index is 985. The van der Waals surface area contributed by atoms with Gasteiger partial charge in [0.05, 0.1) is 25.4 Å². The van der Waals surface area contributed by atoms with Crippen LogP contribution in [0.2, 0.25) is 0 Å². The van der Waals surface area contributed by atoms with Crippen LogP contribution in [0.1, 0.15) is 44.8 Å². The van der Waals surface area contributed by atoms with Gasteiger partial charge in [-0.15, -0.1) is 0 Å². The number of hydrogen-bond acceptors (Lipinski definition) is 10. The third-order valence-corrected chi connectivity index (χ3v) is 6.48. The molecule has 4 N–H and O–H groups in total. The zero-order chi connectivity index (χ0) is 20.9. The maximum absolute atomic E-state index is 11.4. The van der Waals surface area contributed by atoms with Crippen LogP contribution in [0.5, 0.6) is 0 Å². The normalized spacial score (nSPS) is 35.4. The summed E-state index contributed by atoms with van der Waals surface area (Å²) >= 11 is 0. The number of aliphatic hydroxyl groups is 2. The fourth-order valence-electron chi connectivity index (χ4n) is 4.96. The van der Waals surface area contributed by atoms with Crippen LogP contribution >= 0.6 is 0 Å². The lowest BCUT2D eigenvalue weighted by atomic mass is 9.77. The van der Waals surface area contributed by atoms with E-state index in [4.69, 9.17) is 19.9 Å². The first kappa shape index (κ1) is 19.6.